The molecule has 3 heteroatoms. The summed E-state index contributed by atoms with van der Waals surface area (Å²) in [4.78, 5) is 8.25. The predicted molar refractivity (Wildman–Crippen MR) is 108 cm³/mol. The van der Waals surface area contributed by atoms with E-state index in [0.29, 0.717) is 0 Å². The van der Waals surface area contributed by atoms with Crippen LogP contribution in [0.2, 0.25) is 0 Å². The first-order chi connectivity index (χ1) is 12.9. The molecule has 0 amide bonds. The molecule has 3 aromatic carbocycles. The average molecular weight is 333 g/mol. The summed E-state index contributed by atoms with van der Waals surface area (Å²) >= 11 is 0. The van der Waals surface area contributed by atoms with Crippen molar-refractivity contribution in [2.24, 2.45) is 0 Å². The van der Waals surface area contributed by atoms with Crippen LogP contribution in [0.15, 0.2) is 85.1 Å². The Kier molecular flexibility index (Phi) is 2.61. The summed E-state index contributed by atoms with van der Waals surface area (Å²) in [5, 5.41) is 6.09. The number of H-pyrrole nitrogens is 1. The second kappa shape index (κ2) is 4.96. The Morgan fingerprint density at radius 3 is 2.31 bits per heavy atom. The van der Waals surface area contributed by atoms with Crippen molar-refractivity contribution in [1.29, 1.82) is 0 Å². The van der Waals surface area contributed by atoms with Crippen LogP contribution < -0.4 is 0 Å². The van der Waals surface area contributed by atoms with E-state index in [-0.39, 0.29) is 0 Å². The molecule has 0 unspecified atom stereocenters. The lowest BCUT2D eigenvalue weighted by Gasteiger charge is -2.05. The van der Waals surface area contributed by atoms with Crippen molar-refractivity contribution < 1.29 is 0 Å². The number of nitrogens with one attached hydrogen (secondary N) is 1. The fraction of sp³-hybridized carbons (Fsp3) is 0. The first-order valence-corrected chi connectivity index (χ1v) is 8.74. The topological polar surface area (TPSA) is 33.6 Å². The Hall–Kier alpha value is -3.59. The molecule has 3 heterocycles. The van der Waals surface area contributed by atoms with Crippen LogP contribution in [-0.4, -0.2) is 14.5 Å². The minimum Gasteiger partial charge on any atom is -0.341 e. The van der Waals surface area contributed by atoms with Crippen LogP contribution in [0.3, 0.4) is 0 Å². The van der Waals surface area contributed by atoms with Crippen LogP contribution in [0.1, 0.15) is 0 Å². The fourth-order valence-electron chi connectivity index (χ4n) is 3.95. The van der Waals surface area contributed by atoms with Crippen molar-refractivity contribution in [3.63, 3.8) is 0 Å². The number of para-hydroxylation sites is 1. The molecule has 6 rings (SSSR count). The zero-order chi connectivity index (χ0) is 17.1. The number of aromatic nitrogens is 3. The maximum Gasteiger partial charge on any atom is 0.146 e. The van der Waals surface area contributed by atoms with Gasteiger partial charge in [-0.15, -0.1) is 0 Å². The molecule has 0 saturated heterocycles. The van der Waals surface area contributed by atoms with Gasteiger partial charge in [-0.2, -0.15) is 0 Å². The van der Waals surface area contributed by atoms with E-state index in [1.54, 1.807) is 0 Å². The molecule has 0 fully saturated rings. The van der Waals surface area contributed by atoms with Crippen LogP contribution in [-0.2, 0) is 0 Å². The van der Waals surface area contributed by atoms with Crippen LogP contribution >= 0.6 is 0 Å². The van der Waals surface area contributed by atoms with Crippen molar-refractivity contribution >= 4 is 43.6 Å². The Morgan fingerprint density at radius 1 is 0.692 bits per heavy atom. The van der Waals surface area contributed by atoms with E-state index in [0.717, 1.165) is 17.0 Å². The molecule has 0 radical (unpaired) electrons. The molecule has 26 heavy (non-hydrogen) atoms. The number of pyridine rings is 1. The third-order valence-corrected chi connectivity index (χ3v) is 5.15. The molecule has 0 bridgehead atoms. The van der Waals surface area contributed by atoms with Gasteiger partial charge in [-0.3, -0.25) is 4.57 Å². The largest absolute Gasteiger partial charge is 0.341 e. The Bertz CT molecular complexity index is 1400. The summed E-state index contributed by atoms with van der Waals surface area (Å²) in [5.74, 6) is 1.04. The molecule has 0 saturated carbocycles. The van der Waals surface area contributed by atoms with Gasteiger partial charge >= 0.3 is 0 Å². The van der Waals surface area contributed by atoms with E-state index in [2.05, 4.69) is 82.3 Å². The number of hydrogen-bond acceptors (Lipinski definition) is 1. The number of benzene rings is 3. The number of fused-ring (bicyclic) bond motifs is 5. The lowest BCUT2D eigenvalue weighted by Crippen LogP contribution is -1.95. The molecule has 0 aliphatic rings. The van der Waals surface area contributed by atoms with E-state index < -0.39 is 0 Å². The number of rotatable bonds is 1. The Morgan fingerprint density at radius 2 is 1.46 bits per heavy atom. The van der Waals surface area contributed by atoms with Gasteiger partial charge in [0, 0.05) is 27.9 Å². The molecular weight excluding hydrogens is 318 g/mol. The van der Waals surface area contributed by atoms with E-state index in [9.17, 15) is 0 Å². The summed E-state index contributed by atoms with van der Waals surface area (Å²) in [6.07, 6.45) is 1.86. The number of nitrogens with zero attached hydrogens (tertiary/aromatic N) is 2. The van der Waals surface area contributed by atoms with Crippen molar-refractivity contribution in [1.82, 2.24) is 14.5 Å². The summed E-state index contributed by atoms with van der Waals surface area (Å²) in [6.45, 7) is 0. The van der Waals surface area contributed by atoms with E-state index >= 15 is 0 Å². The Balaban J connectivity index is 1.81. The predicted octanol–water partition coefficient (Wildman–Crippen LogP) is 5.81. The van der Waals surface area contributed by atoms with E-state index in [4.69, 9.17) is 4.98 Å². The summed E-state index contributed by atoms with van der Waals surface area (Å²) < 4.78 is 2.23. The van der Waals surface area contributed by atoms with Crippen molar-refractivity contribution in [3.05, 3.63) is 85.1 Å². The van der Waals surface area contributed by atoms with E-state index in [1.807, 2.05) is 12.3 Å². The summed E-state index contributed by atoms with van der Waals surface area (Å²) in [7, 11) is 0. The van der Waals surface area contributed by atoms with Crippen LogP contribution in [0, 0.1) is 0 Å². The molecule has 1 N–H and O–H groups in total. The maximum absolute atomic E-state index is 4.70. The van der Waals surface area contributed by atoms with Gasteiger partial charge in [0.1, 0.15) is 11.5 Å². The second-order valence-corrected chi connectivity index (χ2v) is 6.67. The highest BCUT2D eigenvalue weighted by Gasteiger charge is 2.15. The lowest BCUT2D eigenvalue weighted by molar-refractivity contribution is 1.09. The zero-order valence-electron chi connectivity index (χ0n) is 14.0. The third-order valence-electron chi connectivity index (χ3n) is 5.15. The number of hydrogen-bond donors (Lipinski definition) is 1. The highest BCUT2D eigenvalue weighted by atomic mass is 15.1. The van der Waals surface area contributed by atoms with Gasteiger partial charge in [0.15, 0.2) is 0 Å². The number of aromatic amines is 1. The minimum atomic E-state index is 0.976. The molecule has 3 nitrogen and oxygen atoms in total. The zero-order valence-corrected chi connectivity index (χ0v) is 14.0. The molecule has 0 atom stereocenters. The summed E-state index contributed by atoms with van der Waals surface area (Å²) in [5.41, 5.74) is 3.28. The smallest absolute Gasteiger partial charge is 0.146 e. The Labute approximate surface area is 149 Å². The SMILES string of the molecule is c1ccc2cc3c(cc2c1)c1cccnc1n3-c1cc2ccccc2[nH]1. The lowest BCUT2D eigenvalue weighted by atomic mass is 10.1. The normalized spacial score (nSPS) is 11.8. The molecule has 6 aromatic rings. The van der Waals surface area contributed by atoms with Gasteiger partial charge in [0.25, 0.3) is 0 Å². The molecular formula is C23H15N3. The maximum atomic E-state index is 4.70. The van der Waals surface area contributed by atoms with Crippen LogP contribution in [0.4, 0.5) is 0 Å². The highest BCUT2D eigenvalue weighted by molar-refractivity contribution is 6.12. The third kappa shape index (κ3) is 1.80. The van der Waals surface area contributed by atoms with Gasteiger partial charge in [-0.25, -0.2) is 4.98 Å². The van der Waals surface area contributed by atoms with Crippen molar-refractivity contribution in [3.8, 4) is 5.82 Å². The summed E-state index contributed by atoms with van der Waals surface area (Å²) in [6, 6.07) is 27.7. The first kappa shape index (κ1) is 13.7. The van der Waals surface area contributed by atoms with Crippen molar-refractivity contribution in [2.75, 3.05) is 0 Å². The van der Waals surface area contributed by atoms with Gasteiger partial charge in [0.2, 0.25) is 0 Å². The first-order valence-electron chi connectivity index (χ1n) is 8.74. The monoisotopic (exact) mass is 333 g/mol. The minimum absolute atomic E-state index is 0.976. The fourth-order valence-corrected chi connectivity index (χ4v) is 3.95. The standard InChI is InChI=1S/C23H15N3/c1-2-7-16-13-21-19(12-15(16)6-1)18-9-5-11-24-23(18)26(21)22-14-17-8-3-4-10-20(17)25-22/h1-14,25H. The van der Waals surface area contributed by atoms with Gasteiger partial charge in [-0.1, -0.05) is 42.5 Å². The molecule has 0 spiro atoms. The van der Waals surface area contributed by atoms with Gasteiger partial charge < -0.3 is 4.98 Å². The quantitative estimate of drug-likeness (QED) is 0.404. The highest BCUT2D eigenvalue weighted by Crippen LogP contribution is 2.34. The molecule has 122 valence electrons. The van der Waals surface area contributed by atoms with Crippen LogP contribution in [0.5, 0.6) is 0 Å². The van der Waals surface area contributed by atoms with Crippen molar-refractivity contribution in [2.45, 2.75) is 0 Å². The van der Waals surface area contributed by atoms with Gasteiger partial charge in [0.05, 0.1) is 5.52 Å². The van der Waals surface area contributed by atoms with Gasteiger partial charge in [-0.05, 0) is 47.2 Å². The average Bonchev–Trinajstić information content (AvgIpc) is 3.24. The van der Waals surface area contributed by atoms with E-state index in [1.165, 1.54) is 32.4 Å². The molecule has 0 aliphatic carbocycles. The molecule has 3 aromatic heterocycles. The van der Waals surface area contributed by atoms with Crippen LogP contribution in [0.25, 0.3) is 49.4 Å². The molecule has 0 aliphatic heterocycles. The second-order valence-electron chi connectivity index (χ2n) is 6.67.